The van der Waals surface area contributed by atoms with Crippen molar-refractivity contribution in [2.45, 2.75) is 11.8 Å². The summed E-state index contributed by atoms with van der Waals surface area (Å²) in [5, 5.41) is 2.89. The van der Waals surface area contributed by atoms with Crippen molar-refractivity contribution in [3.8, 4) is 0 Å². The third-order valence-electron chi connectivity index (χ3n) is 2.18. The SMILES string of the molecule is CCNc1ncc(S(=O)(=O)Nc2ccccn2)cn1. The van der Waals surface area contributed by atoms with Gasteiger partial charge in [-0.3, -0.25) is 4.72 Å². The van der Waals surface area contributed by atoms with Gasteiger partial charge in [0.25, 0.3) is 10.0 Å². The molecule has 0 aliphatic heterocycles. The molecule has 2 N–H and O–H groups in total. The van der Waals surface area contributed by atoms with Gasteiger partial charge in [-0.15, -0.1) is 0 Å². The van der Waals surface area contributed by atoms with Crippen molar-refractivity contribution in [3.63, 3.8) is 0 Å². The van der Waals surface area contributed by atoms with Gasteiger partial charge >= 0.3 is 0 Å². The number of hydrogen-bond acceptors (Lipinski definition) is 6. The fraction of sp³-hybridized carbons (Fsp3) is 0.182. The molecule has 0 radical (unpaired) electrons. The Hall–Kier alpha value is -2.22. The maximum atomic E-state index is 12.0. The Bertz CT molecular complexity index is 628. The molecule has 2 aromatic rings. The van der Waals surface area contributed by atoms with Crippen LogP contribution in [-0.4, -0.2) is 29.9 Å². The van der Waals surface area contributed by atoms with E-state index in [9.17, 15) is 8.42 Å². The Kier molecular flexibility index (Phi) is 3.91. The number of rotatable bonds is 5. The Morgan fingerprint density at radius 2 is 1.89 bits per heavy atom. The molecule has 2 heterocycles. The fourth-order valence-electron chi connectivity index (χ4n) is 1.32. The summed E-state index contributed by atoms with van der Waals surface area (Å²) in [6.07, 6.45) is 4.00. The monoisotopic (exact) mass is 279 g/mol. The van der Waals surface area contributed by atoms with Crippen LogP contribution < -0.4 is 10.0 Å². The van der Waals surface area contributed by atoms with Crippen LogP contribution in [0.5, 0.6) is 0 Å². The minimum absolute atomic E-state index is 0.0141. The molecule has 19 heavy (non-hydrogen) atoms. The van der Waals surface area contributed by atoms with Crippen LogP contribution in [0.1, 0.15) is 6.92 Å². The molecule has 2 rings (SSSR count). The maximum absolute atomic E-state index is 12.0. The van der Waals surface area contributed by atoms with Crippen molar-refractivity contribution in [1.29, 1.82) is 0 Å². The van der Waals surface area contributed by atoms with Crippen molar-refractivity contribution in [2.75, 3.05) is 16.6 Å². The summed E-state index contributed by atoms with van der Waals surface area (Å²) >= 11 is 0. The lowest BCUT2D eigenvalue weighted by atomic mass is 10.5. The van der Waals surface area contributed by atoms with E-state index in [-0.39, 0.29) is 10.7 Å². The van der Waals surface area contributed by atoms with Gasteiger partial charge in [-0.1, -0.05) is 6.07 Å². The van der Waals surface area contributed by atoms with Gasteiger partial charge in [0, 0.05) is 12.7 Å². The molecule has 100 valence electrons. The van der Waals surface area contributed by atoms with E-state index in [1.807, 2.05) is 6.92 Å². The maximum Gasteiger partial charge on any atom is 0.266 e. The quantitative estimate of drug-likeness (QED) is 0.850. The highest BCUT2D eigenvalue weighted by Gasteiger charge is 2.15. The van der Waals surface area contributed by atoms with Gasteiger partial charge in [-0.25, -0.2) is 23.4 Å². The first kappa shape index (κ1) is 13.2. The fourth-order valence-corrected chi connectivity index (χ4v) is 2.22. The largest absolute Gasteiger partial charge is 0.355 e. The summed E-state index contributed by atoms with van der Waals surface area (Å²) < 4.78 is 26.4. The molecule has 0 fully saturated rings. The third-order valence-corrected chi connectivity index (χ3v) is 3.49. The predicted molar refractivity (Wildman–Crippen MR) is 71.2 cm³/mol. The van der Waals surface area contributed by atoms with Crippen LogP contribution in [0.2, 0.25) is 0 Å². The average Bonchev–Trinajstić information content (AvgIpc) is 2.40. The molecule has 0 aliphatic carbocycles. The van der Waals surface area contributed by atoms with E-state index in [1.165, 1.54) is 18.6 Å². The standard InChI is InChI=1S/C11H13N5O2S/c1-2-12-11-14-7-9(8-15-11)19(17,18)16-10-5-3-4-6-13-10/h3-8H,2H2,1H3,(H,13,16)(H,12,14,15). The minimum Gasteiger partial charge on any atom is -0.355 e. The van der Waals surface area contributed by atoms with Gasteiger partial charge in [0.1, 0.15) is 10.7 Å². The molecule has 0 aliphatic rings. The van der Waals surface area contributed by atoms with Crippen molar-refractivity contribution in [3.05, 3.63) is 36.8 Å². The second-order valence-electron chi connectivity index (χ2n) is 3.59. The summed E-state index contributed by atoms with van der Waals surface area (Å²) in [5.41, 5.74) is 0. The lowest BCUT2D eigenvalue weighted by Gasteiger charge is -2.07. The van der Waals surface area contributed by atoms with E-state index in [4.69, 9.17) is 0 Å². The van der Waals surface area contributed by atoms with E-state index >= 15 is 0 Å². The number of anilines is 2. The second kappa shape index (κ2) is 5.61. The highest BCUT2D eigenvalue weighted by molar-refractivity contribution is 7.92. The van der Waals surface area contributed by atoms with Crippen molar-refractivity contribution >= 4 is 21.8 Å². The van der Waals surface area contributed by atoms with Crippen LogP contribution in [0.3, 0.4) is 0 Å². The number of hydrogen-bond donors (Lipinski definition) is 2. The minimum atomic E-state index is -3.71. The van der Waals surface area contributed by atoms with Gasteiger partial charge in [0.2, 0.25) is 5.95 Å². The Morgan fingerprint density at radius 3 is 2.47 bits per heavy atom. The molecule has 0 aromatic carbocycles. The Balaban J connectivity index is 2.20. The first-order chi connectivity index (χ1) is 9.12. The van der Waals surface area contributed by atoms with Gasteiger partial charge in [-0.05, 0) is 19.1 Å². The topological polar surface area (TPSA) is 96.9 Å². The number of sulfonamides is 1. The number of aromatic nitrogens is 3. The average molecular weight is 279 g/mol. The van der Waals surface area contributed by atoms with Gasteiger partial charge < -0.3 is 5.32 Å². The van der Waals surface area contributed by atoms with Crippen molar-refractivity contribution in [1.82, 2.24) is 15.0 Å². The molecule has 2 aromatic heterocycles. The molecule has 8 heteroatoms. The number of pyridine rings is 1. The molecule has 0 amide bonds. The molecule has 7 nitrogen and oxygen atoms in total. The van der Waals surface area contributed by atoms with E-state index < -0.39 is 10.0 Å². The van der Waals surface area contributed by atoms with Crippen LogP contribution >= 0.6 is 0 Å². The van der Waals surface area contributed by atoms with Crippen LogP contribution in [0.25, 0.3) is 0 Å². The first-order valence-corrected chi connectivity index (χ1v) is 7.10. The van der Waals surface area contributed by atoms with Crippen LogP contribution in [0.4, 0.5) is 11.8 Å². The molecule has 0 spiro atoms. The molecule has 0 unspecified atom stereocenters. The lowest BCUT2D eigenvalue weighted by molar-refractivity contribution is 0.600. The molecular weight excluding hydrogens is 266 g/mol. The Labute approximate surface area is 111 Å². The summed E-state index contributed by atoms with van der Waals surface area (Å²) in [4.78, 5) is 11.7. The Morgan fingerprint density at radius 1 is 1.16 bits per heavy atom. The zero-order valence-corrected chi connectivity index (χ0v) is 11.1. The number of nitrogens with zero attached hydrogens (tertiary/aromatic N) is 3. The zero-order chi connectivity index (χ0) is 13.7. The normalized spacial score (nSPS) is 11.0. The zero-order valence-electron chi connectivity index (χ0n) is 10.2. The number of nitrogens with one attached hydrogen (secondary N) is 2. The van der Waals surface area contributed by atoms with E-state index in [0.717, 1.165) is 0 Å². The smallest absolute Gasteiger partial charge is 0.266 e. The third kappa shape index (κ3) is 3.38. The van der Waals surface area contributed by atoms with E-state index in [2.05, 4.69) is 25.0 Å². The summed E-state index contributed by atoms with van der Waals surface area (Å²) in [5.74, 6) is 0.637. The summed E-state index contributed by atoms with van der Waals surface area (Å²) in [6, 6.07) is 4.95. The first-order valence-electron chi connectivity index (χ1n) is 5.61. The molecular formula is C11H13N5O2S. The summed E-state index contributed by atoms with van der Waals surface area (Å²) in [6.45, 7) is 2.56. The van der Waals surface area contributed by atoms with Crippen LogP contribution in [-0.2, 0) is 10.0 Å². The van der Waals surface area contributed by atoms with Gasteiger partial charge in [0.15, 0.2) is 0 Å². The molecule has 0 bridgehead atoms. The summed E-state index contributed by atoms with van der Waals surface area (Å²) in [7, 11) is -3.71. The molecule has 0 atom stereocenters. The van der Waals surface area contributed by atoms with Gasteiger partial charge in [0.05, 0.1) is 12.4 Å². The van der Waals surface area contributed by atoms with Gasteiger partial charge in [-0.2, -0.15) is 0 Å². The molecule has 0 saturated heterocycles. The molecule has 0 saturated carbocycles. The van der Waals surface area contributed by atoms with E-state index in [1.54, 1.807) is 18.2 Å². The van der Waals surface area contributed by atoms with Crippen LogP contribution in [0, 0.1) is 0 Å². The highest BCUT2D eigenvalue weighted by atomic mass is 32.2. The van der Waals surface area contributed by atoms with Crippen LogP contribution in [0.15, 0.2) is 41.7 Å². The highest BCUT2D eigenvalue weighted by Crippen LogP contribution is 2.12. The second-order valence-corrected chi connectivity index (χ2v) is 5.28. The lowest BCUT2D eigenvalue weighted by Crippen LogP contribution is -2.15. The van der Waals surface area contributed by atoms with Crippen molar-refractivity contribution in [2.24, 2.45) is 0 Å². The predicted octanol–water partition coefficient (Wildman–Crippen LogP) is 1.10. The van der Waals surface area contributed by atoms with Crippen molar-refractivity contribution < 1.29 is 8.42 Å². The van der Waals surface area contributed by atoms with E-state index in [0.29, 0.717) is 12.5 Å².